The summed E-state index contributed by atoms with van der Waals surface area (Å²) in [4.78, 5) is 11.5. The van der Waals surface area contributed by atoms with E-state index in [4.69, 9.17) is 11.2 Å². The van der Waals surface area contributed by atoms with Gasteiger partial charge in [-0.05, 0) is 19.8 Å². The van der Waals surface area contributed by atoms with E-state index in [0.717, 1.165) is 12.8 Å². The van der Waals surface area contributed by atoms with E-state index in [1.54, 1.807) is 0 Å². The summed E-state index contributed by atoms with van der Waals surface area (Å²) in [7, 11) is 0. The summed E-state index contributed by atoms with van der Waals surface area (Å²) in [6, 6.07) is 0. The van der Waals surface area contributed by atoms with Crippen LogP contribution in [0.15, 0.2) is 0 Å². The van der Waals surface area contributed by atoms with E-state index in [1.165, 1.54) is 0 Å². The number of hydrogen-bond acceptors (Lipinski definition) is 2. The zero-order chi connectivity index (χ0) is 9.68. The minimum atomic E-state index is 0.132. The molecule has 0 aromatic rings. The average Bonchev–Trinajstić information content (AvgIpc) is 2.52. The molecule has 0 N–H and O–H groups in total. The van der Waals surface area contributed by atoms with Crippen LogP contribution in [-0.2, 0) is 9.53 Å². The molecule has 2 nitrogen and oxygen atoms in total. The van der Waals surface area contributed by atoms with Gasteiger partial charge in [0, 0.05) is 18.8 Å². The first-order chi connectivity index (χ1) is 6.24. The molecule has 2 unspecified atom stereocenters. The van der Waals surface area contributed by atoms with Crippen molar-refractivity contribution in [2.75, 3.05) is 6.61 Å². The van der Waals surface area contributed by atoms with Crippen molar-refractivity contribution in [1.29, 1.82) is 0 Å². The number of carbonyl (C=O) groups is 1. The molecule has 0 spiro atoms. The quantitative estimate of drug-likeness (QED) is 0.487. The molecule has 0 bridgehead atoms. The Bertz CT molecular complexity index is 215. The van der Waals surface area contributed by atoms with Crippen molar-refractivity contribution in [3.8, 4) is 12.3 Å². The Hall–Kier alpha value is -0.810. The monoisotopic (exact) mass is 180 g/mol. The Labute approximate surface area is 79.7 Å². The molecule has 2 heteroatoms. The molecule has 1 rings (SSSR count). The van der Waals surface area contributed by atoms with Gasteiger partial charge in [0.05, 0.1) is 12.7 Å². The maximum absolute atomic E-state index is 11.5. The number of hydrogen-bond donors (Lipinski definition) is 0. The fourth-order valence-corrected chi connectivity index (χ4v) is 1.61. The van der Waals surface area contributed by atoms with Gasteiger partial charge < -0.3 is 4.74 Å². The van der Waals surface area contributed by atoms with Gasteiger partial charge in [0.1, 0.15) is 5.78 Å². The number of rotatable bonds is 4. The number of carbonyl (C=O) groups excluding carboxylic acids is 1. The molecule has 13 heavy (non-hydrogen) atoms. The van der Waals surface area contributed by atoms with Crippen LogP contribution in [0.25, 0.3) is 0 Å². The van der Waals surface area contributed by atoms with Crippen LogP contribution in [-0.4, -0.2) is 18.5 Å². The lowest BCUT2D eigenvalue weighted by atomic mass is 9.97. The van der Waals surface area contributed by atoms with Crippen LogP contribution in [0.2, 0.25) is 0 Å². The minimum absolute atomic E-state index is 0.132. The average molecular weight is 180 g/mol. The Morgan fingerprint density at radius 2 is 2.46 bits per heavy atom. The van der Waals surface area contributed by atoms with Gasteiger partial charge in [0.2, 0.25) is 0 Å². The molecule has 0 amide bonds. The van der Waals surface area contributed by atoms with Crippen LogP contribution < -0.4 is 0 Å². The van der Waals surface area contributed by atoms with Crippen LogP contribution in [0.4, 0.5) is 0 Å². The topological polar surface area (TPSA) is 26.3 Å². The van der Waals surface area contributed by atoms with Crippen molar-refractivity contribution in [2.45, 2.75) is 38.7 Å². The molecule has 1 fully saturated rings. The third-order valence-electron chi connectivity index (χ3n) is 2.40. The summed E-state index contributed by atoms with van der Waals surface area (Å²) < 4.78 is 5.33. The summed E-state index contributed by atoms with van der Waals surface area (Å²) in [5.74, 6) is 2.99. The van der Waals surface area contributed by atoms with Crippen LogP contribution in [0.1, 0.15) is 32.6 Å². The van der Waals surface area contributed by atoms with E-state index in [9.17, 15) is 4.79 Å². The van der Waals surface area contributed by atoms with E-state index in [1.807, 2.05) is 6.92 Å². The van der Waals surface area contributed by atoms with Crippen molar-refractivity contribution >= 4 is 5.78 Å². The summed E-state index contributed by atoms with van der Waals surface area (Å²) in [5.41, 5.74) is 0. The van der Waals surface area contributed by atoms with Gasteiger partial charge in [-0.25, -0.2) is 0 Å². The standard InChI is InChI=1S/C11H16O2/c1-3-4-5-6-11(12)10-7-9(2)13-8-10/h1,9-10H,4-8H2,2H3. The third-order valence-corrected chi connectivity index (χ3v) is 2.40. The number of ketones is 1. The molecule has 0 saturated carbocycles. The molecule has 1 aliphatic rings. The number of ether oxygens (including phenoxy) is 1. The molecule has 0 aliphatic carbocycles. The minimum Gasteiger partial charge on any atom is -0.378 e. The fourth-order valence-electron chi connectivity index (χ4n) is 1.61. The van der Waals surface area contributed by atoms with E-state index in [0.29, 0.717) is 25.2 Å². The van der Waals surface area contributed by atoms with Crippen molar-refractivity contribution in [3.05, 3.63) is 0 Å². The third kappa shape index (κ3) is 3.20. The predicted octanol–water partition coefficient (Wildman–Crippen LogP) is 1.78. The van der Waals surface area contributed by atoms with Crippen LogP contribution in [0.5, 0.6) is 0 Å². The molecule has 1 aliphatic heterocycles. The molecule has 1 heterocycles. The summed E-state index contributed by atoms with van der Waals surface area (Å²) in [6.07, 6.45) is 8.38. The molecule has 2 atom stereocenters. The highest BCUT2D eigenvalue weighted by Gasteiger charge is 2.27. The Morgan fingerprint density at radius 1 is 1.69 bits per heavy atom. The van der Waals surface area contributed by atoms with Gasteiger partial charge >= 0.3 is 0 Å². The van der Waals surface area contributed by atoms with E-state index in [-0.39, 0.29) is 12.0 Å². The Kier molecular flexibility index (Phi) is 3.98. The zero-order valence-corrected chi connectivity index (χ0v) is 8.08. The Balaban J connectivity index is 2.21. The van der Waals surface area contributed by atoms with Crippen molar-refractivity contribution in [2.24, 2.45) is 5.92 Å². The first-order valence-electron chi connectivity index (χ1n) is 4.82. The predicted molar refractivity (Wildman–Crippen MR) is 51.2 cm³/mol. The lowest BCUT2D eigenvalue weighted by Gasteiger charge is -2.04. The van der Waals surface area contributed by atoms with Crippen molar-refractivity contribution in [3.63, 3.8) is 0 Å². The van der Waals surface area contributed by atoms with Gasteiger partial charge in [0.25, 0.3) is 0 Å². The summed E-state index contributed by atoms with van der Waals surface area (Å²) in [5, 5.41) is 0. The zero-order valence-electron chi connectivity index (χ0n) is 8.08. The maximum atomic E-state index is 11.5. The van der Waals surface area contributed by atoms with Crippen molar-refractivity contribution in [1.82, 2.24) is 0 Å². The first kappa shape index (κ1) is 10.3. The van der Waals surface area contributed by atoms with Crippen LogP contribution >= 0.6 is 0 Å². The second-order valence-corrected chi connectivity index (χ2v) is 3.60. The maximum Gasteiger partial charge on any atom is 0.138 e. The SMILES string of the molecule is C#CCCCC(=O)C1COC(C)C1. The molecule has 0 radical (unpaired) electrons. The second-order valence-electron chi connectivity index (χ2n) is 3.60. The highest BCUT2D eigenvalue weighted by molar-refractivity contribution is 5.81. The van der Waals surface area contributed by atoms with Gasteiger partial charge in [-0.2, -0.15) is 0 Å². The van der Waals surface area contributed by atoms with Crippen LogP contribution in [0.3, 0.4) is 0 Å². The van der Waals surface area contributed by atoms with E-state index >= 15 is 0 Å². The van der Waals surface area contributed by atoms with Crippen molar-refractivity contribution < 1.29 is 9.53 Å². The normalized spacial score (nSPS) is 27.1. The second kappa shape index (κ2) is 5.04. The Morgan fingerprint density at radius 3 is 3.00 bits per heavy atom. The fraction of sp³-hybridized carbons (Fsp3) is 0.727. The molecule has 0 aromatic heterocycles. The van der Waals surface area contributed by atoms with E-state index in [2.05, 4.69) is 5.92 Å². The van der Waals surface area contributed by atoms with Gasteiger partial charge in [-0.1, -0.05) is 0 Å². The molecular weight excluding hydrogens is 164 g/mol. The molecule has 0 aromatic carbocycles. The highest BCUT2D eigenvalue weighted by Crippen LogP contribution is 2.21. The van der Waals surface area contributed by atoms with Gasteiger partial charge in [-0.15, -0.1) is 12.3 Å². The number of terminal acetylenes is 1. The lowest BCUT2D eigenvalue weighted by Crippen LogP contribution is -2.14. The first-order valence-corrected chi connectivity index (χ1v) is 4.82. The largest absolute Gasteiger partial charge is 0.378 e. The number of unbranched alkanes of at least 4 members (excludes halogenated alkanes) is 1. The summed E-state index contributed by atoms with van der Waals surface area (Å²) in [6.45, 7) is 2.62. The highest BCUT2D eigenvalue weighted by atomic mass is 16.5. The van der Waals surface area contributed by atoms with Crippen LogP contribution in [0, 0.1) is 18.3 Å². The lowest BCUT2D eigenvalue weighted by molar-refractivity contribution is -0.122. The molecular formula is C11H16O2. The number of Topliss-reactive ketones (excluding diaryl/α,β-unsaturated/α-hetero) is 1. The van der Waals surface area contributed by atoms with Gasteiger partial charge in [-0.3, -0.25) is 4.79 Å². The smallest absolute Gasteiger partial charge is 0.138 e. The van der Waals surface area contributed by atoms with E-state index < -0.39 is 0 Å². The van der Waals surface area contributed by atoms with Gasteiger partial charge in [0.15, 0.2) is 0 Å². The molecule has 1 saturated heterocycles. The molecule has 72 valence electrons. The summed E-state index contributed by atoms with van der Waals surface area (Å²) >= 11 is 0.